The van der Waals surface area contributed by atoms with E-state index in [1.807, 2.05) is 36.4 Å². The van der Waals surface area contributed by atoms with Gasteiger partial charge in [0, 0.05) is 6.42 Å². The van der Waals surface area contributed by atoms with Gasteiger partial charge < -0.3 is 25.8 Å². The molecular weight excluding hydrogens is 398 g/mol. The third-order valence-corrected chi connectivity index (χ3v) is 4.67. The summed E-state index contributed by atoms with van der Waals surface area (Å²) in [5.74, 6) is -0.798. The van der Waals surface area contributed by atoms with Gasteiger partial charge >= 0.3 is 6.09 Å². The number of hydrogen-bond donors (Lipinski definition) is 3. The van der Waals surface area contributed by atoms with E-state index in [0.717, 1.165) is 11.1 Å². The fraction of sp³-hybridized carbons (Fsp3) is 0.348. The lowest BCUT2D eigenvalue weighted by molar-refractivity contribution is -0.129. The molecule has 3 amide bonds. The molecule has 0 heterocycles. The van der Waals surface area contributed by atoms with Crippen molar-refractivity contribution in [1.29, 1.82) is 0 Å². The third kappa shape index (κ3) is 7.65. The van der Waals surface area contributed by atoms with Crippen LogP contribution >= 0.6 is 0 Å². The molecule has 0 radical (unpaired) electrons. The predicted molar refractivity (Wildman–Crippen MR) is 116 cm³/mol. The maximum atomic E-state index is 12.8. The first-order valence-corrected chi connectivity index (χ1v) is 10.00. The molecule has 0 spiro atoms. The Hall–Kier alpha value is -3.55. The topological polar surface area (TPSA) is 120 Å². The third-order valence-electron chi connectivity index (χ3n) is 4.67. The van der Waals surface area contributed by atoms with E-state index in [-0.39, 0.29) is 18.9 Å². The minimum Gasteiger partial charge on any atom is -0.497 e. The molecule has 0 aliphatic rings. The summed E-state index contributed by atoms with van der Waals surface area (Å²) in [4.78, 5) is 36.9. The molecule has 2 atom stereocenters. The van der Waals surface area contributed by atoms with Crippen LogP contribution in [0.4, 0.5) is 4.79 Å². The van der Waals surface area contributed by atoms with E-state index in [9.17, 15) is 14.4 Å². The van der Waals surface area contributed by atoms with Gasteiger partial charge in [-0.3, -0.25) is 9.59 Å². The minimum absolute atomic E-state index is 0.0822. The molecule has 2 aromatic carbocycles. The lowest BCUT2D eigenvalue weighted by atomic mass is 10.0. The van der Waals surface area contributed by atoms with E-state index in [0.29, 0.717) is 5.75 Å². The molecular formula is C23H29N3O5. The first-order chi connectivity index (χ1) is 14.8. The molecule has 8 nitrogen and oxygen atoms in total. The smallest absolute Gasteiger partial charge is 0.408 e. The van der Waals surface area contributed by atoms with Gasteiger partial charge in [0.2, 0.25) is 11.8 Å². The average molecular weight is 428 g/mol. The highest BCUT2D eigenvalue weighted by atomic mass is 16.5. The SMILES string of the molecule is COc1cccc(C[C@H](NC(=O)[C@@H](NC(=O)OCc2ccccc2)C(C)C)C(N)=O)c1. The number of alkyl carbamates (subject to hydrolysis) is 1. The fourth-order valence-electron chi connectivity index (χ4n) is 2.95. The summed E-state index contributed by atoms with van der Waals surface area (Å²) in [6.45, 7) is 3.64. The first-order valence-electron chi connectivity index (χ1n) is 10.00. The van der Waals surface area contributed by atoms with Crippen molar-refractivity contribution in [1.82, 2.24) is 10.6 Å². The summed E-state index contributed by atoms with van der Waals surface area (Å²) < 4.78 is 10.4. The van der Waals surface area contributed by atoms with Gasteiger partial charge in [-0.2, -0.15) is 0 Å². The number of carbonyl (C=O) groups excluding carboxylic acids is 3. The highest BCUT2D eigenvalue weighted by molar-refractivity contribution is 5.91. The highest BCUT2D eigenvalue weighted by Gasteiger charge is 2.28. The lowest BCUT2D eigenvalue weighted by Crippen LogP contribution is -2.55. The molecule has 0 unspecified atom stereocenters. The number of hydrogen-bond acceptors (Lipinski definition) is 5. The second kappa shape index (κ2) is 11.6. The summed E-state index contributed by atoms with van der Waals surface area (Å²) in [6.07, 6.45) is -0.525. The molecule has 4 N–H and O–H groups in total. The fourth-order valence-corrected chi connectivity index (χ4v) is 2.95. The number of nitrogens with two attached hydrogens (primary N) is 1. The number of carbonyl (C=O) groups is 3. The van der Waals surface area contributed by atoms with Gasteiger partial charge in [0.05, 0.1) is 7.11 Å². The van der Waals surface area contributed by atoms with Gasteiger partial charge in [0.15, 0.2) is 0 Å². The van der Waals surface area contributed by atoms with E-state index in [1.54, 1.807) is 39.2 Å². The largest absolute Gasteiger partial charge is 0.497 e. The summed E-state index contributed by atoms with van der Waals surface area (Å²) in [5, 5.41) is 5.21. The van der Waals surface area contributed by atoms with Crippen LogP contribution in [0.5, 0.6) is 5.75 Å². The second-order valence-corrected chi connectivity index (χ2v) is 7.45. The van der Waals surface area contributed by atoms with E-state index in [4.69, 9.17) is 15.2 Å². The van der Waals surface area contributed by atoms with Crippen LogP contribution < -0.4 is 21.1 Å². The average Bonchev–Trinajstić information content (AvgIpc) is 2.76. The van der Waals surface area contributed by atoms with Gasteiger partial charge in [-0.05, 0) is 29.2 Å². The molecule has 0 aromatic heterocycles. The van der Waals surface area contributed by atoms with Crippen molar-refractivity contribution in [3.63, 3.8) is 0 Å². The van der Waals surface area contributed by atoms with Crippen LogP contribution in [0.2, 0.25) is 0 Å². The Bertz CT molecular complexity index is 886. The Balaban J connectivity index is 1.99. The van der Waals surface area contributed by atoms with E-state index < -0.39 is 30.0 Å². The molecule has 0 saturated carbocycles. The second-order valence-electron chi connectivity index (χ2n) is 7.45. The van der Waals surface area contributed by atoms with Crippen LogP contribution in [-0.2, 0) is 27.4 Å². The van der Waals surface area contributed by atoms with Crippen molar-refractivity contribution in [2.75, 3.05) is 7.11 Å². The zero-order chi connectivity index (χ0) is 22.8. The zero-order valence-electron chi connectivity index (χ0n) is 18.0. The van der Waals surface area contributed by atoms with Crippen LogP contribution in [0, 0.1) is 5.92 Å². The van der Waals surface area contributed by atoms with Crippen LogP contribution in [0.3, 0.4) is 0 Å². The molecule has 8 heteroatoms. The van der Waals surface area contributed by atoms with Crippen molar-refractivity contribution in [3.8, 4) is 5.75 Å². The molecule has 2 rings (SSSR count). The van der Waals surface area contributed by atoms with Crippen molar-refractivity contribution in [2.45, 2.75) is 39.0 Å². The van der Waals surface area contributed by atoms with E-state index in [1.165, 1.54) is 0 Å². The number of nitrogens with one attached hydrogen (secondary N) is 2. The van der Waals surface area contributed by atoms with E-state index >= 15 is 0 Å². The minimum atomic E-state index is -0.942. The molecule has 0 saturated heterocycles. The summed E-state index contributed by atoms with van der Waals surface area (Å²) >= 11 is 0. The van der Waals surface area contributed by atoms with Crippen LogP contribution in [0.25, 0.3) is 0 Å². The molecule has 0 aliphatic carbocycles. The summed E-state index contributed by atoms with van der Waals surface area (Å²) in [6, 6.07) is 14.5. The van der Waals surface area contributed by atoms with E-state index in [2.05, 4.69) is 10.6 Å². The van der Waals surface area contributed by atoms with Crippen molar-refractivity contribution < 1.29 is 23.9 Å². The van der Waals surface area contributed by atoms with Gasteiger partial charge in [-0.25, -0.2) is 4.79 Å². The number of amides is 3. The first kappa shape index (κ1) is 23.7. The Morgan fingerprint density at radius 2 is 1.65 bits per heavy atom. The monoisotopic (exact) mass is 427 g/mol. The van der Waals surface area contributed by atoms with Gasteiger partial charge in [-0.15, -0.1) is 0 Å². The van der Waals surface area contributed by atoms with Gasteiger partial charge in [0.25, 0.3) is 0 Å². The standard InChI is InChI=1S/C23H29N3O5/c1-15(2)20(26-23(29)31-14-16-8-5-4-6-9-16)22(28)25-19(21(24)27)13-17-10-7-11-18(12-17)30-3/h4-12,15,19-20H,13-14H2,1-3H3,(H2,24,27)(H,25,28)(H,26,29)/t19-,20-/m0/s1. The Kier molecular flexibility index (Phi) is 8.87. The number of ether oxygens (including phenoxy) is 2. The predicted octanol–water partition coefficient (Wildman–Crippen LogP) is 2.16. The van der Waals surface area contributed by atoms with Crippen molar-refractivity contribution in [3.05, 3.63) is 65.7 Å². The quantitative estimate of drug-likeness (QED) is 0.537. The Morgan fingerprint density at radius 3 is 2.26 bits per heavy atom. The van der Waals surface area contributed by atoms with Crippen molar-refractivity contribution in [2.24, 2.45) is 11.7 Å². The molecule has 31 heavy (non-hydrogen) atoms. The van der Waals surface area contributed by atoms with Crippen LogP contribution in [0.15, 0.2) is 54.6 Å². The normalized spacial score (nSPS) is 12.5. The molecule has 166 valence electrons. The number of rotatable bonds is 10. The Morgan fingerprint density at radius 1 is 0.968 bits per heavy atom. The summed E-state index contributed by atoms with van der Waals surface area (Å²) in [5.41, 5.74) is 7.10. The maximum absolute atomic E-state index is 12.8. The zero-order valence-corrected chi connectivity index (χ0v) is 18.0. The molecule has 0 fully saturated rings. The lowest BCUT2D eigenvalue weighted by Gasteiger charge is -2.24. The maximum Gasteiger partial charge on any atom is 0.408 e. The number of methoxy groups -OCH3 is 1. The number of benzene rings is 2. The van der Waals surface area contributed by atoms with Crippen LogP contribution in [-0.4, -0.2) is 37.1 Å². The summed E-state index contributed by atoms with van der Waals surface area (Å²) in [7, 11) is 1.54. The van der Waals surface area contributed by atoms with Gasteiger partial charge in [0.1, 0.15) is 24.4 Å². The molecule has 0 bridgehead atoms. The Labute approximate surface area is 182 Å². The van der Waals surface area contributed by atoms with Gasteiger partial charge in [-0.1, -0.05) is 56.3 Å². The molecule has 2 aromatic rings. The number of primary amides is 1. The molecule has 0 aliphatic heterocycles. The van der Waals surface area contributed by atoms with Crippen molar-refractivity contribution >= 4 is 17.9 Å². The van der Waals surface area contributed by atoms with Crippen LogP contribution in [0.1, 0.15) is 25.0 Å². The highest BCUT2D eigenvalue weighted by Crippen LogP contribution is 2.14.